The monoisotopic (exact) mass is 522 g/mol. The number of nitrogens with zero attached hydrogens (tertiary/aromatic N) is 6. The molecule has 2 saturated heterocycles. The highest BCUT2D eigenvalue weighted by molar-refractivity contribution is 5.68. The molecule has 0 radical (unpaired) electrons. The Morgan fingerprint density at radius 1 is 1.11 bits per heavy atom. The van der Waals surface area contributed by atoms with Crippen molar-refractivity contribution in [2.45, 2.75) is 32.4 Å². The van der Waals surface area contributed by atoms with Crippen LogP contribution in [0.2, 0.25) is 0 Å². The number of ether oxygens (including phenoxy) is 1. The molecule has 2 fully saturated rings. The molecule has 0 aliphatic carbocycles. The van der Waals surface area contributed by atoms with E-state index in [0.29, 0.717) is 38.2 Å². The van der Waals surface area contributed by atoms with E-state index in [1.54, 1.807) is 11.1 Å². The lowest BCUT2D eigenvalue weighted by Gasteiger charge is -2.33. The maximum atomic E-state index is 13.6. The predicted molar refractivity (Wildman–Crippen MR) is 134 cm³/mol. The number of rotatable bonds is 9. The van der Waals surface area contributed by atoms with Crippen LogP contribution in [0.4, 0.5) is 41.2 Å². The smallest absolute Gasteiger partial charge is 0.421 e. The molecule has 2 aromatic rings. The third-order valence-electron chi connectivity index (χ3n) is 6.48. The maximum Gasteiger partial charge on any atom is 0.421 e. The first-order chi connectivity index (χ1) is 17.7. The third-order valence-corrected chi connectivity index (χ3v) is 6.48. The molecular formula is C24H33F3N8O2. The molecule has 202 valence electrons. The van der Waals surface area contributed by atoms with Crippen molar-refractivity contribution in [2.24, 2.45) is 0 Å². The minimum Gasteiger partial charge on any atom is -0.449 e. The lowest BCUT2D eigenvalue weighted by atomic mass is 10.1. The number of alkyl halides is 3. The SMILES string of the molecule is CCc1cc(N2CCN(C)CC2)ncc1Nc1ncc(C(F)(F)F)c(NCCCN2CCCOC2=O)n1. The molecule has 2 aliphatic rings. The van der Waals surface area contributed by atoms with Gasteiger partial charge in [0.1, 0.15) is 17.2 Å². The van der Waals surface area contributed by atoms with Crippen LogP contribution in [0.1, 0.15) is 30.9 Å². The summed E-state index contributed by atoms with van der Waals surface area (Å²) in [6.45, 7) is 7.25. The minimum absolute atomic E-state index is 0.0407. The van der Waals surface area contributed by atoms with Crippen LogP contribution in [0.5, 0.6) is 0 Å². The second kappa shape index (κ2) is 11.8. The number of nitrogens with one attached hydrogen (secondary N) is 2. The van der Waals surface area contributed by atoms with E-state index in [0.717, 1.165) is 50.2 Å². The fourth-order valence-corrected chi connectivity index (χ4v) is 4.28. The molecule has 0 spiro atoms. The fourth-order valence-electron chi connectivity index (χ4n) is 4.28. The van der Waals surface area contributed by atoms with Gasteiger partial charge in [0, 0.05) is 52.0 Å². The Balaban J connectivity index is 1.45. The molecular weight excluding hydrogens is 489 g/mol. The first kappa shape index (κ1) is 26.7. The van der Waals surface area contributed by atoms with Gasteiger partial charge < -0.3 is 30.1 Å². The number of carbonyl (C=O) groups is 1. The van der Waals surface area contributed by atoms with E-state index in [1.165, 1.54) is 0 Å². The Hall–Kier alpha value is -3.35. The third kappa shape index (κ3) is 6.90. The van der Waals surface area contributed by atoms with Crippen molar-refractivity contribution in [3.8, 4) is 0 Å². The second-order valence-electron chi connectivity index (χ2n) is 9.16. The molecule has 4 heterocycles. The summed E-state index contributed by atoms with van der Waals surface area (Å²) < 4.78 is 45.8. The van der Waals surface area contributed by atoms with Crippen molar-refractivity contribution in [2.75, 3.05) is 75.0 Å². The maximum absolute atomic E-state index is 13.6. The van der Waals surface area contributed by atoms with Crippen LogP contribution in [-0.4, -0.2) is 90.3 Å². The van der Waals surface area contributed by atoms with E-state index >= 15 is 0 Å². The van der Waals surface area contributed by atoms with Crippen molar-refractivity contribution < 1.29 is 22.7 Å². The molecule has 0 aromatic carbocycles. The van der Waals surface area contributed by atoms with E-state index < -0.39 is 17.8 Å². The van der Waals surface area contributed by atoms with E-state index in [-0.39, 0.29) is 18.3 Å². The van der Waals surface area contributed by atoms with Gasteiger partial charge in [-0.15, -0.1) is 0 Å². The summed E-state index contributed by atoms with van der Waals surface area (Å²) in [5.74, 6) is 0.606. The van der Waals surface area contributed by atoms with Crippen LogP contribution in [0, 0.1) is 0 Å². The molecule has 1 amide bonds. The van der Waals surface area contributed by atoms with E-state index in [2.05, 4.69) is 42.4 Å². The number of piperazine rings is 1. The highest BCUT2D eigenvalue weighted by Crippen LogP contribution is 2.34. The topological polar surface area (TPSA) is 98.8 Å². The fraction of sp³-hybridized carbons (Fsp3) is 0.583. The molecule has 2 aliphatic heterocycles. The molecule has 10 nitrogen and oxygen atoms in total. The number of aromatic nitrogens is 3. The number of halogens is 3. The van der Waals surface area contributed by atoms with Crippen LogP contribution in [-0.2, 0) is 17.3 Å². The molecule has 0 atom stereocenters. The zero-order chi connectivity index (χ0) is 26.4. The normalized spacial score (nSPS) is 17.1. The number of amides is 1. The number of aryl methyl sites for hydroxylation is 1. The summed E-state index contributed by atoms with van der Waals surface area (Å²) in [4.78, 5) is 30.4. The summed E-state index contributed by atoms with van der Waals surface area (Å²) in [5, 5.41) is 5.81. The summed E-state index contributed by atoms with van der Waals surface area (Å²) in [5.41, 5.74) is 0.666. The number of likely N-dealkylation sites (N-methyl/N-ethyl adjacent to an activating group) is 1. The van der Waals surface area contributed by atoms with Gasteiger partial charge in [0.15, 0.2) is 0 Å². The Morgan fingerprint density at radius 3 is 2.59 bits per heavy atom. The van der Waals surface area contributed by atoms with Crippen LogP contribution >= 0.6 is 0 Å². The summed E-state index contributed by atoms with van der Waals surface area (Å²) in [7, 11) is 2.09. The van der Waals surface area contributed by atoms with Gasteiger partial charge >= 0.3 is 12.3 Å². The van der Waals surface area contributed by atoms with Gasteiger partial charge in [0.25, 0.3) is 0 Å². The van der Waals surface area contributed by atoms with Crippen LogP contribution < -0.4 is 15.5 Å². The highest BCUT2D eigenvalue weighted by Gasteiger charge is 2.35. The van der Waals surface area contributed by atoms with Crippen molar-refractivity contribution >= 4 is 29.4 Å². The van der Waals surface area contributed by atoms with E-state index in [4.69, 9.17) is 4.74 Å². The largest absolute Gasteiger partial charge is 0.449 e. The second-order valence-corrected chi connectivity index (χ2v) is 9.16. The highest BCUT2D eigenvalue weighted by atomic mass is 19.4. The van der Waals surface area contributed by atoms with Crippen molar-refractivity contribution in [3.05, 3.63) is 29.6 Å². The van der Waals surface area contributed by atoms with Gasteiger partial charge in [-0.1, -0.05) is 6.92 Å². The summed E-state index contributed by atoms with van der Waals surface area (Å²) in [6.07, 6.45) is -0.668. The van der Waals surface area contributed by atoms with E-state index in [9.17, 15) is 18.0 Å². The standard InChI is InChI=1S/C24H33F3N8O2/c1-3-17-14-20(34-11-9-33(2)10-12-34)29-16-19(17)31-22-30-15-18(24(25,26)27)21(32-22)28-6-4-7-35-8-5-13-37-23(35)36/h14-16H,3-13H2,1-2H3,(H2,28,30,31,32). The molecule has 0 saturated carbocycles. The molecule has 2 aromatic heterocycles. The Kier molecular flexibility index (Phi) is 8.52. The lowest BCUT2D eigenvalue weighted by molar-refractivity contribution is -0.137. The molecule has 0 bridgehead atoms. The number of anilines is 4. The van der Waals surface area contributed by atoms with Gasteiger partial charge in [0.2, 0.25) is 5.95 Å². The van der Waals surface area contributed by atoms with E-state index in [1.807, 2.05) is 13.0 Å². The number of hydrogen-bond acceptors (Lipinski definition) is 9. The van der Waals surface area contributed by atoms with Gasteiger partial charge in [-0.2, -0.15) is 18.2 Å². The van der Waals surface area contributed by atoms with Gasteiger partial charge in [-0.25, -0.2) is 14.8 Å². The summed E-state index contributed by atoms with van der Waals surface area (Å²) in [6, 6.07) is 2.00. The number of pyridine rings is 1. The lowest BCUT2D eigenvalue weighted by Crippen LogP contribution is -2.44. The van der Waals surface area contributed by atoms with Gasteiger partial charge in [-0.3, -0.25) is 0 Å². The average Bonchev–Trinajstić information content (AvgIpc) is 2.88. The minimum atomic E-state index is -4.61. The Labute approximate surface area is 214 Å². The van der Waals surface area contributed by atoms with Gasteiger partial charge in [-0.05, 0) is 37.9 Å². The molecule has 13 heteroatoms. The predicted octanol–water partition coefficient (Wildman–Crippen LogP) is 3.59. The Bertz CT molecular complexity index is 1080. The molecule has 4 rings (SSSR count). The molecule has 0 unspecified atom stereocenters. The molecule has 2 N–H and O–H groups in total. The van der Waals surface area contributed by atoms with Crippen LogP contribution in [0.3, 0.4) is 0 Å². The average molecular weight is 523 g/mol. The number of hydrogen-bond donors (Lipinski definition) is 2. The van der Waals surface area contributed by atoms with Crippen LogP contribution in [0.25, 0.3) is 0 Å². The quantitative estimate of drug-likeness (QED) is 0.479. The van der Waals surface area contributed by atoms with Crippen molar-refractivity contribution in [1.29, 1.82) is 0 Å². The van der Waals surface area contributed by atoms with Crippen LogP contribution in [0.15, 0.2) is 18.5 Å². The Morgan fingerprint density at radius 2 is 1.89 bits per heavy atom. The number of carbonyl (C=O) groups excluding carboxylic acids is 1. The zero-order valence-electron chi connectivity index (χ0n) is 21.1. The van der Waals surface area contributed by atoms with Crippen molar-refractivity contribution in [1.82, 2.24) is 24.8 Å². The first-order valence-corrected chi connectivity index (χ1v) is 12.5. The number of cyclic esters (lactones) is 1. The zero-order valence-corrected chi connectivity index (χ0v) is 21.1. The summed E-state index contributed by atoms with van der Waals surface area (Å²) >= 11 is 0. The van der Waals surface area contributed by atoms with Gasteiger partial charge in [0.05, 0.1) is 18.5 Å². The molecule has 37 heavy (non-hydrogen) atoms. The van der Waals surface area contributed by atoms with Crippen molar-refractivity contribution in [3.63, 3.8) is 0 Å². The first-order valence-electron chi connectivity index (χ1n) is 12.5.